The summed E-state index contributed by atoms with van der Waals surface area (Å²) in [6.07, 6.45) is 1.68. The van der Waals surface area contributed by atoms with Crippen LogP contribution in [0.1, 0.15) is 5.82 Å². The molecule has 0 atom stereocenters. The molecule has 0 saturated heterocycles. The molecule has 0 saturated carbocycles. The fourth-order valence-electron chi connectivity index (χ4n) is 1.74. The van der Waals surface area contributed by atoms with Crippen molar-refractivity contribution in [1.82, 2.24) is 9.55 Å². The minimum Gasteiger partial charge on any atom is -0.388 e. The van der Waals surface area contributed by atoms with Gasteiger partial charge in [-0.3, -0.25) is 10.1 Å². The highest BCUT2D eigenvalue weighted by molar-refractivity contribution is 5.78. The summed E-state index contributed by atoms with van der Waals surface area (Å²) in [7, 11) is 0. The highest BCUT2D eigenvalue weighted by Gasteiger charge is 2.13. The van der Waals surface area contributed by atoms with Crippen LogP contribution in [-0.2, 0) is 13.2 Å². The SMILES string of the molecule is C=CCn1c(CO)nc2cc([N+](=O)[O-])ccc21. The molecule has 0 bridgehead atoms. The molecule has 0 radical (unpaired) electrons. The van der Waals surface area contributed by atoms with Gasteiger partial charge in [-0.05, 0) is 6.07 Å². The number of aliphatic hydroxyl groups is 1. The maximum atomic E-state index is 10.6. The number of imidazole rings is 1. The Morgan fingerprint density at radius 3 is 2.94 bits per heavy atom. The predicted octanol–water partition coefficient (Wildman–Crippen LogP) is 1.62. The summed E-state index contributed by atoms with van der Waals surface area (Å²) in [6.45, 7) is 3.92. The van der Waals surface area contributed by atoms with Gasteiger partial charge in [-0.1, -0.05) is 6.08 Å². The van der Waals surface area contributed by atoms with Gasteiger partial charge in [0, 0.05) is 18.7 Å². The summed E-state index contributed by atoms with van der Waals surface area (Å²) in [5.74, 6) is 0.473. The number of hydrogen-bond donors (Lipinski definition) is 1. The minimum absolute atomic E-state index is 0.00903. The lowest BCUT2D eigenvalue weighted by Gasteiger charge is -2.03. The predicted molar refractivity (Wildman–Crippen MR) is 62.5 cm³/mol. The fourth-order valence-corrected chi connectivity index (χ4v) is 1.74. The lowest BCUT2D eigenvalue weighted by Crippen LogP contribution is -2.01. The number of fused-ring (bicyclic) bond motifs is 1. The van der Waals surface area contributed by atoms with Gasteiger partial charge in [0.25, 0.3) is 5.69 Å². The largest absolute Gasteiger partial charge is 0.388 e. The second-order valence-corrected chi connectivity index (χ2v) is 3.52. The number of benzene rings is 1. The Kier molecular flexibility index (Phi) is 2.88. The lowest BCUT2D eigenvalue weighted by molar-refractivity contribution is -0.384. The van der Waals surface area contributed by atoms with Crippen molar-refractivity contribution in [3.8, 4) is 0 Å². The second-order valence-electron chi connectivity index (χ2n) is 3.52. The quantitative estimate of drug-likeness (QED) is 0.494. The first-order chi connectivity index (χ1) is 8.17. The number of nitro groups is 1. The van der Waals surface area contributed by atoms with E-state index in [2.05, 4.69) is 11.6 Å². The van der Waals surface area contributed by atoms with Crippen LogP contribution in [0.2, 0.25) is 0 Å². The van der Waals surface area contributed by atoms with Gasteiger partial charge < -0.3 is 9.67 Å². The zero-order valence-electron chi connectivity index (χ0n) is 9.04. The molecular formula is C11H11N3O3. The van der Waals surface area contributed by atoms with Crippen LogP contribution < -0.4 is 0 Å². The molecule has 88 valence electrons. The molecule has 0 aliphatic heterocycles. The number of aliphatic hydroxyl groups excluding tert-OH is 1. The third-order valence-corrected chi connectivity index (χ3v) is 2.47. The van der Waals surface area contributed by atoms with E-state index in [4.69, 9.17) is 0 Å². The van der Waals surface area contributed by atoms with Crippen molar-refractivity contribution in [1.29, 1.82) is 0 Å². The lowest BCUT2D eigenvalue weighted by atomic mass is 10.3. The number of hydrogen-bond acceptors (Lipinski definition) is 4. The monoisotopic (exact) mass is 233 g/mol. The number of allylic oxidation sites excluding steroid dienone is 1. The van der Waals surface area contributed by atoms with E-state index >= 15 is 0 Å². The van der Waals surface area contributed by atoms with Crippen LogP contribution in [-0.4, -0.2) is 19.6 Å². The number of non-ortho nitro benzene ring substituents is 1. The van der Waals surface area contributed by atoms with E-state index in [1.54, 1.807) is 16.7 Å². The Balaban J connectivity index is 2.64. The van der Waals surface area contributed by atoms with E-state index in [1.165, 1.54) is 12.1 Å². The molecule has 0 aliphatic rings. The summed E-state index contributed by atoms with van der Waals surface area (Å²) in [5, 5.41) is 19.8. The van der Waals surface area contributed by atoms with Gasteiger partial charge in [0.05, 0.1) is 16.0 Å². The standard InChI is InChI=1S/C11H11N3O3/c1-2-5-13-10-4-3-8(14(16)17)6-9(10)12-11(13)7-15/h2-4,6,15H,1,5,7H2. The highest BCUT2D eigenvalue weighted by atomic mass is 16.6. The van der Waals surface area contributed by atoms with Crippen LogP contribution in [0.5, 0.6) is 0 Å². The first-order valence-corrected chi connectivity index (χ1v) is 5.02. The summed E-state index contributed by atoms with van der Waals surface area (Å²) in [6, 6.07) is 4.45. The topological polar surface area (TPSA) is 81.2 Å². The average molecular weight is 233 g/mol. The molecule has 2 rings (SSSR count). The summed E-state index contributed by atoms with van der Waals surface area (Å²) >= 11 is 0. The first kappa shape index (κ1) is 11.3. The van der Waals surface area contributed by atoms with Crippen LogP contribution in [0, 0.1) is 10.1 Å². The van der Waals surface area contributed by atoms with Crippen LogP contribution in [0.25, 0.3) is 11.0 Å². The molecule has 2 aromatic rings. The van der Waals surface area contributed by atoms with E-state index < -0.39 is 4.92 Å². The Hall–Kier alpha value is -2.21. The van der Waals surface area contributed by atoms with Crippen molar-refractivity contribution in [2.24, 2.45) is 0 Å². The molecule has 1 aromatic carbocycles. The van der Waals surface area contributed by atoms with Gasteiger partial charge in [0.1, 0.15) is 12.4 Å². The van der Waals surface area contributed by atoms with Crippen LogP contribution in [0.4, 0.5) is 5.69 Å². The smallest absolute Gasteiger partial charge is 0.271 e. The Morgan fingerprint density at radius 1 is 1.59 bits per heavy atom. The van der Waals surface area contributed by atoms with E-state index in [9.17, 15) is 15.2 Å². The van der Waals surface area contributed by atoms with E-state index in [1.807, 2.05) is 0 Å². The number of aromatic nitrogens is 2. The third kappa shape index (κ3) is 1.90. The normalized spacial score (nSPS) is 10.6. The minimum atomic E-state index is -0.468. The van der Waals surface area contributed by atoms with Crippen molar-refractivity contribution in [3.05, 3.63) is 46.8 Å². The number of rotatable bonds is 4. The van der Waals surface area contributed by atoms with Gasteiger partial charge in [-0.2, -0.15) is 0 Å². The Bertz CT molecular complexity index is 589. The molecular weight excluding hydrogens is 222 g/mol. The van der Waals surface area contributed by atoms with E-state index in [0.29, 0.717) is 17.9 Å². The molecule has 0 spiro atoms. The molecule has 1 heterocycles. The van der Waals surface area contributed by atoms with Crippen LogP contribution >= 0.6 is 0 Å². The van der Waals surface area contributed by atoms with Gasteiger partial charge in [-0.25, -0.2) is 4.98 Å². The summed E-state index contributed by atoms with van der Waals surface area (Å²) in [5.41, 5.74) is 1.25. The Morgan fingerprint density at radius 2 is 2.35 bits per heavy atom. The summed E-state index contributed by atoms with van der Waals surface area (Å²) < 4.78 is 1.77. The van der Waals surface area contributed by atoms with Crippen molar-refractivity contribution in [2.75, 3.05) is 0 Å². The maximum Gasteiger partial charge on any atom is 0.271 e. The van der Waals surface area contributed by atoms with Crippen LogP contribution in [0.3, 0.4) is 0 Å². The van der Waals surface area contributed by atoms with Crippen molar-refractivity contribution in [2.45, 2.75) is 13.2 Å². The molecule has 0 unspecified atom stereocenters. The molecule has 6 nitrogen and oxygen atoms in total. The highest BCUT2D eigenvalue weighted by Crippen LogP contribution is 2.22. The molecule has 0 amide bonds. The molecule has 0 aliphatic carbocycles. The Labute approximate surface area is 97.0 Å². The second kappa shape index (κ2) is 4.34. The zero-order valence-corrected chi connectivity index (χ0v) is 9.04. The number of nitrogens with zero attached hydrogens (tertiary/aromatic N) is 3. The molecule has 0 fully saturated rings. The van der Waals surface area contributed by atoms with E-state index in [0.717, 1.165) is 5.52 Å². The zero-order chi connectivity index (χ0) is 12.4. The van der Waals surface area contributed by atoms with Gasteiger partial charge in [0.2, 0.25) is 0 Å². The van der Waals surface area contributed by atoms with Crippen molar-refractivity contribution < 1.29 is 10.0 Å². The van der Waals surface area contributed by atoms with Gasteiger partial charge in [-0.15, -0.1) is 6.58 Å². The van der Waals surface area contributed by atoms with Gasteiger partial charge in [0.15, 0.2) is 0 Å². The van der Waals surface area contributed by atoms with Crippen molar-refractivity contribution >= 4 is 16.7 Å². The van der Waals surface area contributed by atoms with E-state index in [-0.39, 0.29) is 12.3 Å². The maximum absolute atomic E-state index is 10.6. The van der Waals surface area contributed by atoms with Crippen LogP contribution in [0.15, 0.2) is 30.9 Å². The molecule has 17 heavy (non-hydrogen) atoms. The number of nitro benzene ring substituents is 1. The average Bonchev–Trinajstić information content (AvgIpc) is 2.67. The molecule has 1 aromatic heterocycles. The van der Waals surface area contributed by atoms with Gasteiger partial charge >= 0.3 is 0 Å². The first-order valence-electron chi connectivity index (χ1n) is 5.02. The summed E-state index contributed by atoms with van der Waals surface area (Å²) in [4.78, 5) is 14.3. The third-order valence-electron chi connectivity index (χ3n) is 2.47. The fraction of sp³-hybridized carbons (Fsp3) is 0.182. The molecule has 1 N–H and O–H groups in total. The van der Waals surface area contributed by atoms with Crippen molar-refractivity contribution in [3.63, 3.8) is 0 Å². The molecule has 6 heteroatoms.